The summed E-state index contributed by atoms with van der Waals surface area (Å²) in [5.74, 6) is -0.177. The van der Waals surface area contributed by atoms with E-state index in [1.165, 1.54) is 6.92 Å². The van der Waals surface area contributed by atoms with Gasteiger partial charge in [0.2, 0.25) is 15.9 Å². The van der Waals surface area contributed by atoms with Crippen LogP contribution in [0, 0.1) is 0 Å². The molecule has 1 heterocycles. The third-order valence-electron chi connectivity index (χ3n) is 3.97. The minimum atomic E-state index is -3.46. The normalized spacial score (nSPS) is 17.1. The van der Waals surface area contributed by atoms with Crippen LogP contribution in [0.5, 0.6) is 0 Å². The molecule has 1 amide bonds. The third kappa shape index (κ3) is 4.76. The number of sulfonamides is 1. The van der Waals surface area contributed by atoms with Gasteiger partial charge >= 0.3 is 0 Å². The Labute approximate surface area is 138 Å². The van der Waals surface area contributed by atoms with Crippen molar-refractivity contribution in [2.75, 3.05) is 38.0 Å². The van der Waals surface area contributed by atoms with E-state index in [9.17, 15) is 13.2 Å². The quantitative estimate of drug-likeness (QED) is 0.857. The number of unbranched alkanes of at least 4 members (excludes halogenated alkanes) is 1. The molecule has 2 rings (SSSR count). The number of anilines is 1. The molecule has 1 aromatic rings. The second kappa shape index (κ2) is 7.90. The highest BCUT2D eigenvalue weighted by atomic mass is 32.2. The van der Waals surface area contributed by atoms with Crippen LogP contribution >= 0.6 is 0 Å². The molecule has 23 heavy (non-hydrogen) atoms. The first-order valence-electron chi connectivity index (χ1n) is 8.03. The maximum absolute atomic E-state index is 12.7. The van der Waals surface area contributed by atoms with Crippen molar-refractivity contribution in [2.45, 2.75) is 31.6 Å². The average molecular weight is 339 g/mol. The summed E-state index contributed by atoms with van der Waals surface area (Å²) >= 11 is 0. The molecular formula is C16H25N3O3S. The van der Waals surface area contributed by atoms with E-state index in [0.29, 0.717) is 18.8 Å². The zero-order valence-electron chi connectivity index (χ0n) is 13.8. The van der Waals surface area contributed by atoms with Gasteiger partial charge in [-0.2, -0.15) is 4.31 Å². The molecule has 0 radical (unpaired) electrons. The Morgan fingerprint density at radius 2 is 1.74 bits per heavy atom. The molecule has 0 atom stereocenters. The molecule has 0 unspecified atom stereocenters. The van der Waals surface area contributed by atoms with Crippen molar-refractivity contribution in [1.82, 2.24) is 9.21 Å². The van der Waals surface area contributed by atoms with E-state index in [1.54, 1.807) is 28.6 Å². The predicted molar refractivity (Wildman–Crippen MR) is 90.9 cm³/mol. The van der Waals surface area contributed by atoms with Crippen LogP contribution in [-0.4, -0.2) is 56.3 Å². The molecular weight excluding hydrogens is 314 g/mol. The number of nitrogens with one attached hydrogen (secondary N) is 1. The van der Waals surface area contributed by atoms with Gasteiger partial charge in [-0.25, -0.2) is 8.42 Å². The lowest BCUT2D eigenvalue weighted by Gasteiger charge is -2.33. The molecule has 1 fully saturated rings. The molecule has 1 aliphatic rings. The van der Waals surface area contributed by atoms with Gasteiger partial charge in [0.25, 0.3) is 0 Å². The summed E-state index contributed by atoms with van der Waals surface area (Å²) < 4.78 is 26.9. The van der Waals surface area contributed by atoms with Gasteiger partial charge in [0, 0.05) is 38.8 Å². The largest absolute Gasteiger partial charge is 0.326 e. The van der Waals surface area contributed by atoms with E-state index >= 15 is 0 Å². The lowest BCUT2D eigenvalue weighted by Crippen LogP contribution is -2.48. The highest BCUT2D eigenvalue weighted by molar-refractivity contribution is 7.89. The Morgan fingerprint density at radius 1 is 1.13 bits per heavy atom. The number of carbonyl (C=O) groups is 1. The molecule has 7 heteroatoms. The van der Waals surface area contributed by atoms with E-state index in [1.807, 2.05) is 0 Å². The molecule has 1 aliphatic heterocycles. The van der Waals surface area contributed by atoms with E-state index in [4.69, 9.17) is 0 Å². The Morgan fingerprint density at radius 3 is 2.26 bits per heavy atom. The summed E-state index contributed by atoms with van der Waals surface area (Å²) in [7, 11) is -3.46. The summed E-state index contributed by atoms with van der Waals surface area (Å²) in [4.78, 5) is 13.6. The summed E-state index contributed by atoms with van der Waals surface area (Å²) in [6.45, 7) is 7.23. The first kappa shape index (κ1) is 17.9. The van der Waals surface area contributed by atoms with Crippen LogP contribution in [0.2, 0.25) is 0 Å². The van der Waals surface area contributed by atoms with Crippen molar-refractivity contribution in [3.8, 4) is 0 Å². The molecule has 0 saturated carbocycles. The SMILES string of the molecule is CCCCN1CCN(S(=O)(=O)c2ccc(NC(C)=O)cc2)CC1. The fraction of sp³-hybridized carbons (Fsp3) is 0.562. The van der Waals surface area contributed by atoms with Gasteiger partial charge in [0.15, 0.2) is 0 Å². The third-order valence-corrected chi connectivity index (χ3v) is 5.88. The summed E-state index contributed by atoms with van der Waals surface area (Å²) in [6, 6.07) is 6.33. The maximum atomic E-state index is 12.7. The Balaban J connectivity index is 2.00. The van der Waals surface area contributed by atoms with Gasteiger partial charge in [-0.3, -0.25) is 4.79 Å². The first-order chi connectivity index (χ1) is 10.9. The monoisotopic (exact) mass is 339 g/mol. The van der Waals surface area contributed by atoms with Crippen LogP contribution in [0.4, 0.5) is 5.69 Å². The predicted octanol–water partition coefficient (Wildman–Crippen LogP) is 1.75. The molecule has 0 spiro atoms. The topological polar surface area (TPSA) is 69.7 Å². The number of hydrogen-bond donors (Lipinski definition) is 1. The molecule has 0 aliphatic carbocycles. The number of carbonyl (C=O) groups excluding carboxylic acids is 1. The fourth-order valence-electron chi connectivity index (χ4n) is 2.64. The number of hydrogen-bond acceptors (Lipinski definition) is 4. The Bertz CT molecular complexity index is 620. The van der Waals surface area contributed by atoms with Crippen LogP contribution in [0.1, 0.15) is 26.7 Å². The number of piperazine rings is 1. The summed E-state index contributed by atoms with van der Waals surface area (Å²) in [5.41, 5.74) is 0.598. The number of benzene rings is 1. The average Bonchev–Trinajstić information content (AvgIpc) is 2.53. The molecule has 0 aromatic heterocycles. The highest BCUT2D eigenvalue weighted by Crippen LogP contribution is 2.20. The maximum Gasteiger partial charge on any atom is 0.243 e. The van der Waals surface area contributed by atoms with Crippen molar-refractivity contribution < 1.29 is 13.2 Å². The zero-order chi connectivity index (χ0) is 16.9. The van der Waals surface area contributed by atoms with E-state index in [2.05, 4.69) is 17.1 Å². The van der Waals surface area contributed by atoms with Crippen molar-refractivity contribution in [1.29, 1.82) is 0 Å². The second-order valence-electron chi connectivity index (χ2n) is 5.80. The molecule has 128 valence electrons. The molecule has 1 saturated heterocycles. The van der Waals surface area contributed by atoms with Crippen molar-refractivity contribution >= 4 is 21.6 Å². The van der Waals surface area contributed by atoms with E-state index in [0.717, 1.165) is 32.5 Å². The van der Waals surface area contributed by atoms with Gasteiger partial charge in [-0.15, -0.1) is 0 Å². The smallest absolute Gasteiger partial charge is 0.243 e. The minimum Gasteiger partial charge on any atom is -0.326 e. The van der Waals surface area contributed by atoms with E-state index < -0.39 is 10.0 Å². The fourth-order valence-corrected chi connectivity index (χ4v) is 4.06. The minimum absolute atomic E-state index is 0.177. The number of amides is 1. The van der Waals surface area contributed by atoms with Gasteiger partial charge < -0.3 is 10.2 Å². The highest BCUT2D eigenvalue weighted by Gasteiger charge is 2.28. The van der Waals surface area contributed by atoms with Crippen molar-refractivity contribution in [2.24, 2.45) is 0 Å². The standard InChI is InChI=1S/C16H25N3O3S/c1-3-4-9-18-10-12-19(13-11-18)23(21,22)16-7-5-15(6-8-16)17-14(2)20/h5-8H,3-4,9-13H2,1-2H3,(H,17,20). The van der Waals surface area contributed by atoms with Gasteiger partial charge in [0.05, 0.1) is 4.90 Å². The lowest BCUT2D eigenvalue weighted by molar-refractivity contribution is -0.114. The second-order valence-corrected chi connectivity index (χ2v) is 7.74. The van der Waals surface area contributed by atoms with Gasteiger partial charge in [-0.1, -0.05) is 13.3 Å². The number of nitrogens with zero attached hydrogens (tertiary/aromatic N) is 2. The molecule has 1 aromatic carbocycles. The van der Waals surface area contributed by atoms with Crippen molar-refractivity contribution in [3.63, 3.8) is 0 Å². The molecule has 0 bridgehead atoms. The Kier molecular flexibility index (Phi) is 6.15. The van der Waals surface area contributed by atoms with Crippen LogP contribution in [0.25, 0.3) is 0 Å². The van der Waals surface area contributed by atoms with Crippen LogP contribution in [-0.2, 0) is 14.8 Å². The van der Waals surface area contributed by atoms with E-state index in [-0.39, 0.29) is 10.8 Å². The first-order valence-corrected chi connectivity index (χ1v) is 9.47. The number of rotatable bonds is 6. The molecule has 6 nitrogen and oxygen atoms in total. The Hall–Kier alpha value is -1.44. The lowest BCUT2D eigenvalue weighted by atomic mass is 10.3. The summed E-state index contributed by atoms with van der Waals surface area (Å²) in [6.07, 6.45) is 2.30. The van der Waals surface area contributed by atoms with Crippen molar-refractivity contribution in [3.05, 3.63) is 24.3 Å². The van der Waals surface area contributed by atoms with Crippen LogP contribution < -0.4 is 5.32 Å². The van der Waals surface area contributed by atoms with Crippen LogP contribution in [0.3, 0.4) is 0 Å². The van der Waals surface area contributed by atoms with Crippen LogP contribution in [0.15, 0.2) is 29.2 Å². The molecule has 1 N–H and O–H groups in total. The zero-order valence-corrected chi connectivity index (χ0v) is 14.6. The summed E-state index contributed by atoms with van der Waals surface area (Å²) in [5, 5.41) is 2.63. The van der Waals surface area contributed by atoms with Gasteiger partial charge in [0.1, 0.15) is 0 Å². The van der Waals surface area contributed by atoms with Gasteiger partial charge in [-0.05, 0) is 37.2 Å².